The highest BCUT2D eigenvalue weighted by molar-refractivity contribution is 6.42. The molecule has 2 amide bonds. The van der Waals surface area contributed by atoms with E-state index in [1.54, 1.807) is 11.0 Å². The number of nitrogen functional groups attached to an aromatic ring is 1. The van der Waals surface area contributed by atoms with Crippen LogP contribution >= 0.6 is 23.2 Å². The van der Waals surface area contributed by atoms with E-state index in [1.807, 2.05) is 0 Å². The number of hydrogen-bond donors (Lipinski definition) is 2. The van der Waals surface area contributed by atoms with Crippen LogP contribution in [0.3, 0.4) is 0 Å². The predicted molar refractivity (Wildman–Crippen MR) is 66.2 cm³/mol. The summed E-state index contributed by atoms with van der Waals surface area (Å²) in [5.41, 5.74) is 6.69. The van der Waals surface area contributed by atoms with Gasteiger partial charge in [-0.1, -0.05) is 23.2 Å². The lowest BCUT2D eigenvalue weighted by Crippen LogP contribution is -2.51. The summed E-state index contributed by atoms with van der Waals surface area (Å²) in [6.07, 6.45) is 0. The van der Waals surface area contributed by atoms with Crippen LogP contribution in [0.15, 0.2) is 12.1 Å². The van der Waals surface area contributed by atoms with E-state index in [-0.39, 0.29) is 24.9 Å². The summed E-state index contributed by atoms with van der Waals surface area (Å²) in [7, 11) is 0. The number of rotatable bonds is 1. The van der Waals surface area contributed by atoms with E-state index in [2.05, 4.69) is 5.32 Å². The number of nitrogens with two attached hydrogens (primary N) is 1. The summed E-state index contributed by atoms with van der Waals surface area (Å²) in [4.78, 5) is 24.0. The fourth-order valence-electron chi connectivity index (χ4n) is 1.63. The van der Waals surface area contributed by atoms with Gasteiger partial charge >= 0.3 is 0 Å². The molecule has 5 nitrogen and oxygen atoms in total. The van der Waals surface area contributed by atoms with Crippen LogP contribution < -0.4 is 16.0 Å². The second-order valence-electron chi connectivity index (χ2n) is 3.65. The third-order valence-electron chi connectivity index (χ3n) is 2.36. The maximum absolute atomic E-state index is 11.2. The lowest BCUT2D eigenvalue weighted by atomic mass is 10.2. The maximum Gasteiger partial charge on any atom is 0.246 e. The molecule has 90 valence electrons. The zero-order valence-corrected chi connectivity index (χ0v) is 10.2. The van der Waals surface area contributed by atoms with Crippen LogP contribution in [0, 0.1) is 0 Å². The van der Waals surface area contributed by atoms with Gasteiger partial charge in [-0.25, -0.2) is 0 Å². The average molecular weight is 274 g/mol. The molecule has 0 radical (unpaired) electrons. The molecule has 1 aliphatic rings. The second-order valence-corrected chi connectivity index (χ2v) is 4.47. The summed E-state index contributed by atoms with van der Waals surface area (Å²) in [6, 6.07) is 3.04. The summed E-state index contributed by atoms with van der Waals surface area (Å²) < 4.78 is 0. The predicted octanol–water partition coefficient (Wildman–Crippen LogP) is 1.04. The lowest BCUT2D eigenvalue weighted by Gasteiger charge is -2.28. The van der Waals surface area contributed by atoms with Gasteiger partial charge in [-0.05, 0) is 12.1 Å². The molecule has 0 unspecified atom stereocenters. The molecule has 7 heteroatoms. The van der Waals surface area contributed by atoms with Crippen molar-refractivity contribution in [1.82, 2.24) is 5.32 Å². The molecule has 1 aliphatic heterocycles. The molecule has 1 fully saturated rings. The lowest BCUT2D eigenvalue weighted by molar-refractivity contribution is -0.130. The number of anilines is 2. The molecule has 17 heavy (non-hydrogen) atoms. The van der Waals surface area contributed by atoms with Gasteiger partial charge in [-0.2, -0.15) is 0 Å². The third kappa shape index (κ3) is 2.45. The van der Waals surface area contributed by atoms with Crippen LogP contribution in [-0.2, 0) is 9.59 Å². The molecule has 1 saturated heterocycles. The SMILES string of the molecule is Nc1cc(Cl)c(Cl)cc1N1CC(=O)NC(=O)C1. The summed E-state index contributed by atoms with van der Waals surface area (Å²) in [5, 5.41) is 2.87. The molecular weight excluding hydrogens is 265 g/mol. The number of imide groups is 1. The van der Waals surface area contributed by atoms with E-state index in [0.29, 0.717) is 21.4 Å². The minimum absolute atomic E-state index is 0.0634. The Bertz CT molecular complexity index is 489. The Hall–Kier alpha value is -1.46. The maximum atomic E-state index is 11.2. The smallest absolute Gasteiger partial charge is 0.246 e. The van der Waals surface area contributed by atoms with Gasteiger partial charge < -0.3 is 10.6 Å². The summed E-state index contributed by atoms with van der Waals surface area (Å²) in [5.74, 6) is -0.738. The number of amides is 2. The Morgan fingerprint density at radius 1 is 1.12 bits per heavy atom. The molecule has 0 bridgehead atoms. The first-order chi connectivity index (χ1) is 7.97. The summed E-state index contributed by atoms with van der Waals surface area (Å²) in [6.45, 7) is 0.127. The highest BCUT2D eigenvalue weighted by Crippen LogP contribution is 2.33. The van der Waals surface area contributed by atoms with Crippen molar-refractivity contribution in [3.63, 3.8) is 0 Å². The molecule has 3 N–H and O–H groups in total. The molecule has 0 saturated carbocycles. The quantitative estimate of drug-likeness (QED) is 0.592. The monoisotopic (exact) mass is 273 g/mol. The molecule has 1 aromatic rings. The molecule has 0 aromatic heterocycles. The van der Waals surface area contributed by atoms with Crippen LogP contribution in [0.5, 0.6) is 0 Å². The summed E-state index contributed by atoms with van der Waals surface area (Å²) >= 11 is 11.7. The van der Waals surface area contributed by atoms with Gasteiger partial charge in [0.25, 0.3) is 0 Å². The van der Waals surface area contributed by atoms with Gasteiger partial charge in [0, 0.05) is 0 Å². The molecule has 0 spiro atoms. The topological polar surface area (TPSA) is 75.4 Å². The number of piperazine rings is 1. The van der Waals surface area contributed by atoms with Crippen LogP contribution in [-0.4, -0.2) is 24.9 Å². The number of carbonyl (C=O) groups is 2. The first-order valence-electron chi connectivity index (χ1n) is 4.79. The zero-order valence-electron chi connectivity index (χ0n) is 8.67. The normalized spacial score (nSPS) is 16.0. The van der Waals surface area contributed by atoms with Gasteiger partial charge in [0.15, 0.2) is 0 Å². The van der Waals surface area contributed by atoms with Crippen molar-refractivity contribution in [3.05, 3.63) is 22.2 Å². The van der Waals surface area contributed by atoms with Gasteiger partial charge in [0.1, 0.15) is 0 Å². The molecule has 1 heterocycles. The van der Waals surface area contributed by atoms with Crippen molar-refractivity contribution in [2.24, 2.45) is 0 Å². The van der Waals surface area contributed by atoms with Crippen molar-refractivity contribution < 1.29 is 9.59 Å². The van der Waals surface area contributed by atoms with Crippen LogP contribution in [0.25, 0.3) is 0 Å². The number of halogens is 2. The van der Waals surface area contributed by atoms with Crippen molar-refractivity contribution in [2.45, 2.75) is 0 Å². The van der Waals surface area contributed by atoms with E-state index in [1.165, 1.54) is 6.07 Å². The van der Waals surface area contributed by atoms with Crippen molar-refractivity contribution in [1.29, 1.82) is 0 Å². The number of benzene rings is 1. The Labute approximate surface area is 107 Å². The fraction of sp³-hybridized carbons (Fsp3) is 0.200. The average Bonchev–Trinajstić information content (AvgIpc) is 2.22. The van der Waals surface area contributed by atoms with Crippen molar-refractivity contribution >= 4 is 46.4 Å². The van der Waals surface area contributed by atoms with Crippen LogP contribution in [0.1, 0.15) is 0 Å². The van der Waals surface area contributed by atoms with Crippen molar-refractivity contribution in [2.75, 3.05) is 23.7 Å². The van der Waals surface area contributed by atoms with E-state index in [9.17, 15) is 9.59 Å². The second kappa shape index (κ2) is 4.43. The van der Waals surface area contributed by atoms with Gasteiger partial charge in [0.05, 0.1) is 34.5 Å². The number of nitrogens with one attached hydrogen (secondary N) is 1. The Balaban J connectivity index is 2.36. The number of carbonyl (C=O) groups excluding carboxylic acids is 2. The van der Waals surface area contributed by atoms with Gasteiger partial charge in [0.2, 0.25) is 11.8 Å². The largest absolute Gasteiger partial charge is 0.397 e. The van der Waals surface area contributed by atoms with Crippen LogP contribution in [0.4, 0.5) is 11.4 Å². The molecule has 0 aliphatic carbocycles. The Morgan fingerprint density at radius 3 is 2.24 bits per heavy atom. The first-order valence-corrected chi connectivity index (χ1v) is 5.55. The molecular formula is C10H9Cl2N3O2. The minimum Gasteiger partial charge on any atom is -0.397 e. The van der Waals surface area contributed by atoms with E-state index in [0.717, 1.165) is 0 Å². The molecule has 2 rings (SSSR count). The van der Waals surface area contributed by atoms with Crippen LogP contribution in [0.2, 0.25) is 10.0 Å². The van der Waals surface area contributed by atoms with Crippen molar-refractivity contribution in [3.8, 4) is 0 Å². The standard InChI is InChI=1S/C10H9Cl2N3O2/c11-5-1-7(13)8(2-6(5)12)15-3-9(16)14-10(17)4-15/h1-2H,3-4,13H2,(H,14,16,17). The Morgan fingerprint density at radius 2 is 1.65 bits per heavy atom. The molecule has 0 atom stereocenters. The highest BCUT2D eigenvalue weighted by Gasteiger charge is 2.24. The van der Waals surface area contributed by atoms with Gasteiger partial charge in [-0.15, -0.1) is 0 Å². The van der Waals surface area contributed by atoms with E-state index >= 15 is 0 Å². The number of nitrogens with zero attached hydrogens (tertiary/aromatic N) is 1. The first kappa shape index (κ1) is 12.0. The third-order valence-corrected chi connectivity index (χ3v) is 3.08. The Kier molecular flexibility index (Phi) is 3.13. The van der Waals surface area contributed by atoms with E-state index < -0.39 is 0 Å². The zero-order chi connectivity index (χ0) is 12.6. The van der Waals surface area contributed by atoms with Gasteiger partial charge in [-0.3, -0.25) is 14.9 Å². The highest BCUT2D eigenvalue weighted by atomic mass is 35.5. The minimum atomic E-state index is -0.369. The molecule has 1 aromatic carbocycles. The fourth-order valence-corrected chi connectivity index (χ4v) is 1.96. The number of hydrogen-bond acceptors (Lipinski definition) is 4. The van der Waals surface area contributed by atoms with E-state index in [4.69, 9.17) is 28.9 Å².